The van der Waals surface area contributed by atoms with Gasteiger partial charge in [0.1, 0.15) is 6.10 Å². The first-order valence-electron chi connectivity index (χ1n) is 7.89. The Hall–Kier alpha value is -1.04. The second-order valence-corrected chi connectivity index (χ2v) is 6.34. The molecule has 2 heterocycles. The van der Waals surface area contributed by atoms with Crippen LogP contribution in [-0.4, -0.2) is 46.6 Å². The molecule has 0 saturated carbocycles. The Kier molecular flexibility index (Phi) is 5.67. The minimum absolute atomic E-state index is 0.0150. The predicted molar refractivity (Wildman–Crippen MR) is 84.1 cm³/mol. The summed E-state index contributed by atoms with van der Waals surface area (Å²) in [4.78, 5) is 11.7. The Morgan fingerprint density at radius 1 is 1.33 bits per heavy atom. The Morgan fingerprint density at radius 2 is 2.10 bits per heavy atom. The summed E-state index contributed by atoms with van der Waals surface area (Å²) in [5, 5.41) is 3.40. The van der Waals surface area contributed by atoms with Crippen molar-refractivity contribution < 1.29 is 4.74 Å². The van der Waals surface area contributed by atoms with Crippen LogP contribution >= 0.6 is 0 Å². The van der Waals surface area contributed by atoms with E-state index in [4.69, 9.17) is 9.72 Å². The quantitative estimate of drug-likeness (QED) is 0.900. The molecule has 1 aromatic rings. The van der Waals surface area contributed by atoms with E-state index in [-0.39, 0.29) is 6.10 Å². The zero-order chi connectivity index (χ0) is 15.4. The molecule has 0 aliphatic carbocycles. The molecule has 0 aromatic carbocycles. The number of hydrogen-bond donors (Lipinski definition) is 1. The molecule has 1 fully saturated rings. The number of nitrogens with zero attached hydrogens (tertiary/aromatic N) is 3. The Morgan fingerprint density at radius 3 is 2.76 bits per heavy atom. The van der Waals surface area contributed by atoms with Crippen LogP contribution in [0.3, 0.4) is 0 Å². The van der Waals surface area contributed by atoms with Crippen LogP contribution in [0.25, 0.3) is 0 Å². The number of ether oxygens (including phenoxy) is 1. The molecule has 21 heavy (non-hydrogen) atoms. The highest BCUT2D eigenvalue weighted by Gasteiger charge is 2.26. The lowest BCUT2D eigenvalue weighted by atomic mass is 10.2. The molecule has 2 rings (SSSR count). The van der Waals surface area contributed by atoms with E-state index in [1.54, 1.807) is 0 Å². The van der Waals surface area contributed by atoms with E-state index in [1.807, 2.05) is 13.0 Å². The van der Waals surface area contributed by atoms with E-state index in [2.05, 4.69) is 42.9 Å². The van der Waals surface area contributed by atoms with Crippen LogP contribution in [0.4, 0.5) is 0 Å². The number of rotatable bonds is 5. The fourth-order valence-corrected chi connectivity index (χ4v) is 2.50. The lowest BCUT2D eigenvalue weighted by Crippen LogP contribution is -2.42. The maximum absolute atomic E-state index is 5.89. The molecule has 1 saturated heterocycles. The summed E-state index contributed by atoms with van der Waals surface area (Å²) in [5.74, 6) is 0.820. The van der Waals surface area contributed by atoms with E-state index in [9.17, 15) is 0 Å². The summed E-state index contributed by atoms with van der Waals surface area (Å²) in [5.41, 5.74) is 2.04. The number of morpholine rings is 1. The molecule has 1 aliphatic rings. The normalized spacial score (nSPS) is 20.4. The molecule has 1 aliphatic heterocycles. The monoisotopic (exact) mass is 292 g/mol. The van der Waals surface area contributed by atoms with Gasteiger partial charge in [-0.1, -0.05) is 13.8 Å². The summed E-state index contributed by atoms with van der Waals surface area (Å²) in [6.07, 6.45) is -0.0150. The molecule has 0 bridgehead atoms. The maximum atomic E-state index is 5.89. The molecule has 5 heteroatoms. The average Bonchev–Trinajstić information content (AvgIpc) is 2.44. The van der Waals surface area contributed by atoms with Gasteiger partial charge < -0.3 is 10.1 Å². The Bertz CT molecular complexity index is 462. The van der Waals surface area contributed by atoms with Crippen LogP contribution in [0.2, 0.25) is 0 Å². The van der Waals surface area contributed by atoms with Crippen molar-refractivity contribution in [2.45, 2.75) is 59.4 Å². The smallest absolute Gasteiger partial charge is 0.158 e. The van der Waals surface area contributed by atoms with Gasteiger partial charge in [-0.2, -0.15) is 0 Å². The first kappa shape index (κ1) is 16.3. The van der Waals surface area contributed by atoms with Crippen molar-refractivity contribution in [3.63, 3.8) is 0 Å². The minimum atomic E-state index is -0.0150. The topological polar surface area (TPSA) is 50.3 Å². The summed E-state index contributed by atoms with van der Waals surface area (Å²) >= 11 is 0. The molecular weight excluding hydrogens is 264 g/mol. The van der Waals surface area contributed by atoms with E-state index >= 15 is 0 Å². The fourth-order valence-electron chi connectivity index (χ4n) is 2.50. The molecular formula is C16H28N4O. The van der Waals surface area contributed by atoms with E-state index in [0.29, 0.717) is 12.1 Å². The summed E-state index contributed by atoms with van der Waals surface area (Å²) < 4.78 is 5.89. The van der Waals surface area contributed by atoms with Gasteiger partial charge in [-0.25, -0.2) is 9.97 Å². The maximum Gasteiger partial charge on any atom is 0.158 e. The third-order valence-electron chi connectivity index (χ3n) is 3.73. The van der Waals surface area contributed by atoms with Crippen LogP contribution in [0.15, 0.2) is 6.07 Å². The zero-order valence-electron chi connectivity index (χ0n) is 13.9. The standard InChI is InChI=1S/C16H28N4O/c1-11(2)17-9-14-8-13(5)18-16(19-14)15-10-20(12(3)4)6-7-21-15/h8,11-12,15,17H,6-7,9-10H2,1-5H3. The van der Waals surface area contributed by atoms with Gasteiger partial charge in [0.15, 0.2) is 5.82 Å². The molecule has 0 spiro atoms. The van der Waals surface area contributed by atoms with Crippen molar-refractivity contribution in [1.82, 2.24) is 20.2 Å². The van der Waals surface area contributed by atoms with Gasteiger partial charge in [0, 0.05) is 37.4 Å². The zero-order valence-corrected chi connectivity index (χ0v) is 13.9. The van der Waals surface area contributed by atoms with Crippen molar-refractivity contribution in [2.24, 2.45) is 0 Å². The van der Waals surface area contributed by atoms with Crippen molar-refractivity contribution in [2.75, 3.05) is 19.7 Å². The highest BCUT2D eigenvalue weighted by atomic mass is 16.5. The van der Waals surface area contributed by atoms with Crippen LogP contribution in [0.5, 0.6) is 0 Å². The lowest BCUT2D eigenvalue weighted by Gasteiger charge is -2.34. The molecule has 1 aromatic heterocycles. The Labute approximate surface area is 128 Å². The molecule has 1 unspecified atom stereocenters. The SMILES string of the molecule is Cc1cc(CNC(C)C)nc(C2CN(C(C)C)CCO2)n1. The second kappa shape index (κ2) is 7.29. The van der Waals surface area contributed by atoms with Crippen molar-refractivity contribution in [3.8, 4) is 0 Å². The number of nitrogens with one attached hydrogen (secondary N) is 1. The van der Waals surface area contributed by atoms with Gasteiger partial charge in [0.2, 0.25) is 0 Å². The highest BCUT2D eigenvalue weighted by molar-refractivity contribution is 5.12. The third-order valence-corrected chi connectivity index (χ3v) is 3.73. The first-order chi connectivity index (χ1) is 9.95. The van der Waals surface area contributed by atoms with E-state index in [0.717, 1.165) is 43.5 Å². The third kappa shape index (κ3) is 4.73. The summed E-state index contributed by atoms with van der Waals surface area (Å²) in [7, 11) is 0. The van der Waals surface area contributed by atoms with Gasteiger partial charge in [0.25, 0.3) is 0 Å². The van der Waals surface area contributed by atoms with Crippen LogP contribution in [0, 0.1) is 6.92 Å². The van der Waals surface area contributed by atoms with Gasteiger partial charge in [-0.05, 0) is 26.8 Å². The molecule has 0 amide bonds. The summed E-state index contributed by atoms with van der Waals surface area (Å²) in [6, 6.07) is 3.02. The first-order valence-corrected chi connectivity index (χ1v) is 7.89. The number of aromatic nitrogens is 2. The van der Waals surface area contributed by atoms with Crippen molar-refractivity contribution in [3.05, 3.63) is 23.3 Å². The van der Waals surface area contributed by atoms with E-state index in [1.165, 1.54) is 0 Å². The number of aryl methyl sites for hydroxylation is 1. The molecule has 118 valence electrons. The molecule has 5 nitrogen and oxygen atoms in total. The highest BCUT2D eigenvalue weighted by Crippen LogP contribution is 2.21. The van der Waals surface area contributed by atoms with Crippen LogP contribution in [-0.2, 0) is 11.3 Å². The average molecular weight is 292 g/mol. The van der Waals surface area contributed by atoms with Gasteiger partial charge in [0.05, 0.1) is 12.3 Å². The van der Waals surface area contributed by atoms with Gasteiger partial charge >= 0.3 is 0 Å². The lowest BCUT2D eigenvalue weighted by molar-refractivity contribution is -0.0444. The van der Waals surface area contributed by atoms with Gasteiger partial charge in [-0.15, -0.1) is 0 Å². The van der Waals surface area contributed by atoms with Crippen LogP contribution in [0.1, 0.15) is 51.0 Å². The predicted octanol–water partition coefficient (Wildman–Crippen LogP) is 2.06. The molecule has 1 N–H and O–H groups in total. The van der Waals surface area contributed by atoms with Crippen molar-refractivity contribution in [1.29, 1.82) is 0 Å². The Balaban J connectivity index is 2.11. The van der Waals surface area contributed by atoms with E-state index < -0.39 is 0 Å². The van der Waals surface area contributed by atoms with Crippen molar-refractivity contribution >= 4 is 0 Å². The second-order valence-electron chi connectivity index (χ2n) is 6.34. The van der Waals surface area contributed by atoms with Gasteiger partial charge in [-0.3, -0.25) is 4.90 Å². The fraction of sp³-hybridized carbons (Fsp3) is 0.750. The minimum Gasteiger partial charge on any atom is -0.368 e. The molecule has 1 atom stereocenters. The molecule has 0 radical (unpaired) electrons. The van der Waals surface area contributed by atoms with Crippen LogP contribution < -0.4 is 5.32 Å². The largest absolute Gasteiger partial charge is 0.368 e. The summed E-state index contributed by atoms with van der Waals surface area (Å²) in [6.45, 7) is 14.1. The number of hydrogen-bond acceptors (Lipinski definition) is 5.